The number of nitrogens with zero attached hydrogens (tertiary/aromatic N) is 4. The fourth-order valence-electron chi connectivity index (χ4n) is 5.22. The number of rotatable bonds is 6. The van der Waals surface area contributed by atoms with Gasteiger partial charge in [-0.15, -0.1) is 0 Å². The number of carbonyl (C=O) groups is 1. The Kier molecular flexibility index (Phi) is 7.06. The number of hydrogen-bond acceptors (Lipinski definition) is 7. The molecule has 2 aliphatic carbocycles. The standard InChI is InChI=1S/C27H35N7O2/c1-17-23(24(33-36-17)18-9-5-4-6-10-18)31-27(35)29-20-15-13-19(14-16-20)28-26-30-22-12-8-7-11-21(22)25(32-26)34(2)3/h4-6,9-10,19-20H,7-8,11-16H2,1-3H3,(H,28,30,32)(H2,29,31,35)/t19-,20+. The lowest BCUT2D eigenvalue weighted by atomic mass is 9.91. The molecule has 0 radical (unpaired) electrons. The summed E-state index contributed by atoms with van der Waals surface area (Å²) < 4.78 is 5.35. The van der Waals surface area contributed by atoms with Gasteiger partial charge in [0.1, 0.15) is 17.2 Å². The Labute approximate surface area is 212 Å². The molecule has 3 aromatic rings. The van der Waals surface area contributed by atoms with Crippen molar-refractivity contribution in [3.8, 4) is 11.3 Å². The maximum atomic E-state index is 12.8. The van der Waals surface area contributed by atoms with Crippen LogP contribution in [0, 0.1) is 6.92 Å². The van der Waals surface area contributed by atoms with Gasteiger partial charge in [-0.3, -0.25) is 0 Å². The van der Waals surface area contributed by atoms with Crippen LogP contribution in [0.5, 0.6) is 0 Å². The van der Waals surface area contributed by atoms with E-state index in [2.05, 4.69) is 26.0 Å². The van der Waals surface area contributed by atoms with E-state index in [4.69, 9.17) is 14.5 Å². The lowest BCUT2D eigenvalue weighted by molar-refractivity contribution is 0.243. The summed E-state index contributed by atoms with van der Waals surface area (Å²) in [4.78, 5) is 24.6. The average molecular weight is 490 g/mol. The van der Waals surface area contributed by atoms with Gasteiger partial charge in [-0.2, -0.15) is 4.98 Å². The third-order valence-electron chi connectivity index (χ3n) is 7.13. The van der Waals surface area contributed by atoms with Gasteiger partial charge >= 0.3 is 6.03 Å². The number of aromatic nitrogens is 3. The molecular formula is C27H35N7O2. The van der Waals surface area contributed by atoms with Crippen molar-refractivity contribution >= 4 is 23.5 Å². The van der Waals surface area contributed by atoms with Crippen molar-refractivity contribution in [2.24, 2.45) is 0 Å². The molecule has 1 saturated carbocycles. The van der Waals surface area contributed by atoms with Crippen LogP contribution in [0.25, 0.3) is 11.3 Å². The van der Waals surface area contributed by atoms with E-state index in [1.807, 2.05) is 44.4 Å². The van der Waals surface area contributed by atoms with Crippen LogP contribution < -0.4 is 20.9 Å². The maximum Gasteiger partial charge on any atom is 0.319 e. The molecule has 0 bridgehead atoms. The van der Waals surface area contributed by atoms with Gasteiger partial charge in [0.15, 0.2) is 5.76 Å². The summed E-state index contributed by atoms with van der Waals surface area (Å²) in [7, 11) is 4.10. The number of urea groups is 1. The highest BCUT2D eigenvalue weighted by atomic mass is 16.5. The molecule has 0 unspecified atom stereocenters. The number of nitrogens with one attached hydrogen (secondary N) is 3. The molecule has 1 fully saturated rings. The molecule has 0 aliphatic heterocycles. The Hall–Kier alpha value is -3.62. The minimum Gasteiger partial charge on any atom is -0.362 e. The van der Waals surface area contributed by atoms with Gasteiger partial charge in [0.2, 0.25) is 5.95 Å². The van der Waals surface area contributed by atoms with Crippen molar-refractivity contribution in [3.05, 3.63) is 47.3 Å². The van der Waals surface area contributed by atoms with E-state index in [0.717, 1.165) is 55.9 Å². The molecule has 1 aromatic carbocycles. The molecule has 2 heterocycles. The van der Waals surface area contributed by atoms with E-state index in [1.165, 1.54) is 24.1 Å². The van der Waals surface area contributed by atoms with Crippen LogP contribution in [0.15, 0.2) is 34.9 Å². The molecule has 0 spiro atoms. The number of carbonyl (C=O) groups excluding carboxylic acids is 1. The summed E-state index contributed by atoms with van der Waals surface area (Å²) in [6.07, 6.45) is 8.17. The van der Waals surface area contributed by atoms with E-state index in [9.17, 15) is 4.79 Å². The lowest BCUT2D eigenvalue weighted by Crippen LogP contribution is -2.42. The van der Waals surface area contributed by atoms with Crippen molar-refractivity contribution in [1.82, 2.24) is 20.4 Å². The smallest absolute Gasteiger partial charge is 0.319 e. The fraction of sp³-hybridized carbons (Fsp3) is 0.481. The van der Waals surface area contributed by atoms with Gasteiger partial charge in [-0.25, -0.2) is 9.78 Å². The minimum atomic E-state index is -0.233. The van der Waals surface area contributed by atoms with Gasteiger partial charge in [-0.05, 0) is 58.3 Å². The van der Waals surface area contributed by atoms with Crippen molar-refractivity contribution in [2.75, 3.05) is 29.6 Å². The summed E-state index contributed by atoms with van der Waals surface area (Å²) >= 11 is 0. The van der Waals surface area contributed by atoms with Crippen molar-refractivity contribution in [3.63, 3.8) is 0 Å². The van der Waals surface area contributed by atoms with E-state index in [0.29, 0.717) is 23.2 Å². The third-order valence-corrected chi connectivity index (χ3v) is 7.13. The zero-order valence-electron chi connectivity index (χ0n) is 21.3. The number of benzene rings is 1. The Bertz CT molecular complexity index is 1200. The monoisotopic (exact) mass is 489 g/mol. The van der Waals surface area contributed by atoms with Crippen LogP contribution in [-0.2, 0) is 12.8 Å². The second-order valence-corrected chi connectivity index (χ2v) is 10.0. The first-order chi connectivity index (χ1) is 17.5. The Morgan fingerprint density at radius 2 is 1.72 bits per heavy atom. The number of amides is 2. The van der Waals surface area contributed by atoms with E-state index in [-0.39, 0.29) is 12.1 Å². The van der Waals surface area contributed by atoms with Crippen LogP contribution >= 0.6 is 0 Å². The number of aryl methyl sites for hydroxylation is 2. The van der Waals surface area contributed by atoms with Crippen LogP contribution in [0.4, 0.5) is 22.2 Å². The van der Waals surface area contributed by atoms with E-state index in [1.54, 1.807) is 6.92 Å². The summed E-state index contributed by atoms with van der Waals surface area (Å²) in [6.45, 7) is 1.80. The molecule has 2 aromatic heterocycles. The predicted octanol–water partition coefficient (Wildman–Crippen LogP) is 4.93. The highest BCUT2D eigenvalue weighted by Gasteiger charge is 2.26. The molecule has 9 nitrogen and oxygen atoms in total. The van der Waals surface area contributed by atoms with Gasteiger partial charge in [-0.1, -0.05) is 35.5 Å². The summed E-state index contributed by atoms with van der Waals surface area (Å²) in [6, 6.07) is 9.89. The van der Waals surface area contributed by atoms with Crippen LogP contribution in [-0.4, -0.2) is 47.3 Å². The minimum absolute atomic E-state index is 0.116. The van der Waals surface area contributed by atoms with Crippen LogP contribution in [0.1, 0.15) is 55.5 Å². The molecule has 190 valence electrons. The molecule has 2 amide bonds. The SMILES string of the molecule is Cc1onc(-c2ccccc2)c1NC(=O)N[C@H]1CC[C@@H](Nc2nc3c(c(N(C)C)n2)CCCC3)CC1. The highest BCUT2D eigenvalue weighted by Crippen LogP contribution is 2.31. The molecule has 0 saturated heterocycles. The summed E-state index contributed by atoms with van der Waals surface area (Å²) in [5, 5.41) is 13.8. The number of anilines is 3. The van der Waals surface area contributed by atoms with Crippen molar-refractivity contribution in [1.29, 1.82) is 0 Å². The maximum absolute atomic E-state index is 12.8. The molecule has 5 rings (SSSR count). The van der Waals surface area contributed by atoms with Crippen LogP contribution in [0.2, 0.25) is 0 Å². The van der Waals surface area contributed by atoms with Gasteiger partial charge < -0.3 is 25.4 Å². The number of fused-ring (bicyclic) bond motifs is 1. The predicted molar refractivity (Wildman–Crippen MR) is 141 cm³/mol. The lowest BCUT2D eigenvalue weighted by Gasteiger charge is -2.30. The second kappa shape index (κ2) is 10.6. The van der Waals surface area contributed by atoms with Crippen molar-refractivity contribution in [2.45, 2.75) is 70.4 Å². The molecule has 9 heteroatoms. The Morgan fingerprint density at radius 3 is 2.47 bits per heavy atom. The first-order valence-electron chi connectivity index (χ1n) is 12.9. The zero-order chi connectivity index (χ0) is 25.1. The molecule has 3 N–H and O–H groups in total. The molecule has 36 heavy (non-hydrogen) atoms. The largest absolute Gasteiger partial charge is 0.362 e. The third kappa shape index (κ3) is 5.29. The Morgan fingerprint density at radius 1 is 1.00 bits per heavy atom. The van der Waals surface area contributed by atoms with Gasteiger partial charge in [0, 0.05) is 37.3 Å². The zero-order valence-corrected chi connectivity index (χ0v) is 21.3. The molecule has 0 atom stereocenters. The second-order valence-electron chi connectivity index (χ2n) is 10.0. The summed E-state index contributed by atoms with van der Waals surface area (Å²) in [5.41, 5.74) is 4.63. The first kappa shape index (κ1) is 24.1. The topological polar surface area (TPSA) is 108 Å². The summed E-state index contributed by atoms with van der Waals surface area (Å²) in [5.74, 6) is 2.34. The van der Waals surface area contributed by atoms with Gasteiger partial charge in [0.25, 0.3) is 0 Å². The van der Waals surface area contributed by atoms with E-state index < -0.39 is 0 Å². The van der Waals surface area contributed by atoms with Crippen molar-refractivity contribution < 1.29 is 9.32 Å². The quantitative estimate of drug-likeness (QED) is 0.450. The Balaban J connectivity index is 1.16. The average Bonchev–Trinajstić information content (AvgIpc) is 3.24. The number of hydrogen-bond donors (Lipinski definition) is 3. The van der Waals surface area contributed by atoms with Gasteiger partial charge in [0.05, 0.1) is 5.69 Å². The molecule has 2 aliphatic rings. The first-order valence-corrected chi connectivity index (χ1v) is 12.9. The normalized spacial score (nSPS) is 19.3. The van der Waals surface area contributed by atoms with E-state index >= 15 is 0 Å². The highest BCUT2D eigenvalue weighted by molar-refractivity contribution is 5.94. The van der Waals surface area contributed by atoms with Crippen LogP contribution in [0.3, 0.4) is 0 Å². The fourth-order valence-corrected chi connectivity index (χ4v) is 5.22. The molecular weight excluding hydrogens is 454 g/mol.